The number of esters is 1. The van der Waals surface area contributed by atoms with Gasteiger partial charge >= 0.3 is 5.97 Å². The fraction of sp³-hybridized carbons (Fsp3) is 0.909. The molecule has 1 heterocycles. The van der Waals surface area contributed by atoms with Gasteiger partial charge in [0.25, 0.3) is 0 Å². The average molecular weight is 231 g/mol. The maximum absolute atomic E-state index is 11.2. The molecule has 0 aromatic rings. The maximum atomic E-state index is 11.2. The fourth-order valence-corrected chi connectivity index (χ4v) is 1.68. The van der Waals surface area contributed by atoms with Crippen LogP contribution < -0.4 is 5.32 Å². The molecule has 1 fully saturated rings. The molecule has 1 unspecified atom stereocenters. The molecule has 0 radical (unpaired) electrons. The Hall–Kier alpha value is -0.650. The van der Waals surface area contributed by atoms with Gasteiger partial charge in [-0.2, -0.15) is 0 Å². The molecule has 0 amide bonds. The summed E-state index contributed by atoms with van der Waals surface area (Å²) in [5.41, 5.74) is 0. The number of methoxy groups -OCH3 is 1. The molecule has 5 heteroatoms. The molecule has 0 aliphatic carbocycles. The van der Waals surface area contributed by atoms with Crippen LogP contribution in [0.25, 0.3) is 0 Å². The van der Waals surface area contributed by atoms with E-state index in [1.54, 1.807) is 7.05 Å². The lowest BCUT2D eigenvalue weighted by Gasteiger charge is -2.22. The van der Waals surface area contributed by atoms with Gasteiger partial charge in [-0.15, -0.1) is 0 Å². The van der Waals surface area contributed by atoms with Gasteiger partial charge in [0.15, 0.2) is 0 Å². The minimum absolute atomic E-state index is 0.283. The molecule has 1 atom stereocenters. The lowest BCUT2D eigenvalue weighted by atomic mass is 10.0. The van der Waals surface area contributed by atoms with Crippen molar-refractivity contribution >= 4 is 5.97 Å². The average Bonchev–Trinajstić information content (AvgIpc) is 2.35. The Morgan fingerprint density at radius 2 is 2.19 bits per heavy atom. The Morgan fingerprint density at radius 1 is 1.50 bits per heavy atom. The highest BCUT2D eigenvalue weighted by Crippen LogP contribution is 2.14. The third-order valence-electron chi connectivity index (χ3n) is 2.81. The van der Waals surface area contributed by atoms with Crippen LogP contribution in [0.4, 0.5) is 0 Å². The number of carbonyl (C=O) groups excluding carboxylic acids is 1. The Kier molecular flexibility index (Phi) is 6.37. The van der Waals surface area contributed by atoms with Crippen LogP contribution in [0.5, 0.6) is 0 Å². The monoisotopic (exact) mass is 231 g/mol. The maximum Gasteiger partial charge on any atom is 0.325 e. The smallest absolute Gasteiger partial charge is 0.325 e. The standard InChI is InChI=1S/C11H21NO4/c1-12-10(11(13)14-2)8-16-7-9-3-5-15-6-4-9/h9-10,12H,3-8H2,1-2H3. The van der Waals surface area contributed by atoms with E-state index in [4.69, 9.17) is 9.47 Å². The van der Waals surface area contributed by atoms with Crippen molar-refractivity contribution in [2.75, 3.05) is 40.6 Å². The van der Waals surface area contributed by atoms with E-state index in [1.807, 2.05) is 0 Å². The first-order chi connectivity index (χ1) is 7.77. The van der Waals surface area contributed by atoms with Gasteiger partial charge < -0.3 is 19.5 Å². The number of hydrogen-bond acceptors (Lipinski definition) is 5. The highest BCUT2D eigenvalue weighted by Gasteiger charge is 2.19. The van der Waals surface area contributed by atoms with E-state index in [2.05, 4.69) is 10.1 Å². The Bertz CT molecular complexity index is 204. The van der Waals surface area contributed by atoms with Gasteiger partial charge in [-0.05, 0) is 25.8 Å². The first-order valence-electron chi connectivity index (χ1n) is 5.68. The zero-order chi connectivity index (χ0) is 11.8. The fourth-order valence-electron chi connectivity index (χ4n) is 1.68. The second kappa shape index (κ2) is 7.60. The second-order valence-corrected chi connectivity index (χ2v) is 3.96. The largest absolute Gasteiger partial charge is 0.468 e. The molecule has 16 heavy (non-hydrogen) atoms. The van der Waals surface area contributed by atoms with Crippen LogP contribution in [0.3, 0.4) is 0 Å². The number of hydrogen-bond donors (Lipinski definition) is 1. The lowest BCUT2D eigenvalue weighted by molar-refractivity contribution is -0.144. The van der Waals surface area contributed by atoms with Crippen molar-refractivity contribution < 1.29 is 19.0 Å². The van der Waals surface area contributed by atoms with E-state index >= 15 is 0 Å². The quantitative estimate of drug-likeness (QED) is 0.661. The molecular formula is C11H21NO4. The van der Waals surface area contributed by atoms with Crippen LogP contribution in [0.1, 0.15) is 12.8 Å². The van der Waals surface area contributed by atoms with Gasteiger partial charge in [-0.25, -0.2) is 0 Å². The van der Waals surface area contributed by atoms with Gasteiger partial charge in [0, 0.05) is 19.8 Å². The van der Waals surface area contributed by atoms with Crippen LogP contribution in [0, 0.1) is 5.92 Å². The summed E-state index contributed by atoms with van der Waals surface area (Å²) in [5, 5.41) is 2.87. The molecule has 1 aliphatic rings. The van der Waals surface area contributed by atoms with Gasteiger partial charge in [-0.1, -0.05) is 0 Å². The van der Waals surface area contributed by atoms with E-state index in [-0.39, 0.29) is 12.0 Å². The molecule has 1 aliphatic heterocycles. The Labute approximate surface area is 96.4 Å². The number of carbonyl (C=O) groups is 1. The van der Waals surface area contributed by atoms with Gasteiger partial charge in [0.05, 0.1) is 13.7 Å². The minimum atomic E-state index is -0.371. The first-order valence-corrected chi connectivity index (χ1v) is 5.68. The van der Waals surface area contributed by atoms with E-state index in [0.717, 1.165) is 26.1 Å². The number of likely N-dealkylation sites (N-methyl/N-ethyl adjacent to an activating group) is 1. The SMILES string of the molecule is CNC(COCC1CCOCC1)C(=O)OC. The van der Waals surface area contributed by atoms with Crippen molar-refractivity contribution in [2.24, 2.45) is 5.92 Å². The topological polar surface area (TPSA) is 56.8 Å². The second-order valence-electron chi connectivity index (χ2n) is 3.96. The number of nitrogens with one attached hydrogen (secondary N) is 1. The van der Waals surface area contributed by atoms with E-state index in [9.17, 15) is 4.79 Å². The van der Waals surface area contributed by atoms with Crippen LogP contribution in [-0.4, -0.2) is 52.6 Å². The van der Waals surface area contributed by atoms with Crippen LogP contribution in [0.15, 0.2) is 0 Å². The molecular weight excluding hydrogens is 210 g/mol. The zero-order valence-electron chi connectivity index (χ0n) is 10.0. The zero-order valence-corrected chi connectivity index (χ0v) is 10.0. The summed E-state index contributed by atoms with van der Waals surface area (Å²) in [6.45, 7) is 2.69. The molecule has 1 saturated heterocycles. The third-order valence-corrected chi connectivity index (χ3v) is 2.81. The third kappa shape index (κ3) is 4.47. The summed E-state index contributed by atoms with van der Waals surface area (Å²) in [6.07, 6.45) is 2.09. The van der Waals surface area contributed by atoms with Crippen molar-refractivity contribution in [1.82, 2.24) is 5.32 Å². The van der Waals surface area contributed by atoms with Crippen LogP contribution in [0.2, 0.25) is 0 Å². The first kappa shape index (κ1) is 13.4. The van der Waals surface area contributed by atoms with Crippen molar-refractivity contribution in [3.05, 3.63) is 0 Å². The number of rotatable bonds is 6. The van der Waals surface area contributed by atoms with Crippen molar-refractivity contribution in [1.29, 1.82) is 0 Å². The van der Waals surface area contributed by atoms with Crippen LogP contribution >= 0.6 is 0 Å². The van der Waals surface area contributed by atoms with Gasteiger partial charge in [0.1, 0.15) is 6.04 Å². The molecule has 0 saturated carbocycles. The molecule has 0 spiro atoms. The predicted octanol–water partition coefficient (Wildman–Crippen LogP) is 0.191. The minimum Gasteiger partial charge on any atom is -0.468 e. The molecule has 94 valence electrons. The van der Waals surface area contributed by atoms with Crippen molar-refractivity contribution in [2.45, 2.75) is 18.9 Å². The van der Waals surface area contributed by atoms with Crippen molar-refractivity contribution in [3.8, 4) is 0 Å². The van der Waals surface area contributed by atoms with E-state index in [0.29, 0.717) is 19.1 Å². The summed E-state index contributed by atoms with van der Waals surface area (Å²) in [6, 6.07) is -0.371. The highest BCUT2D eigenvalue weighted by molar-refractivity contribution is 5.75. The molecule has 0 aromatic carbocycles. The summed E-state index contributed by atoms with van der Waals surface area (Å²) in [4.78, 5) is 11.2. The predicted molar refractivity (Wildman–Crippen MR) is 59.2 cm³/mol. The molecule has 0 bridgehead atoms. The van der Waals surface area contributed by atoms with Crippen molar-refractivity contribution in [3.63, 3.8) is 0 Å². The summed E-state index contributed by atoms with van der Waals surface area (Å²) in [7, 11) is 3.10. The summed E-state index contributed by atoms with van der Waals surface area (Å²) in [5.74, 6) is 0.276. The highest BCUT2D eigenvalue weighted by atomic mass is 16.5. The number of ether oxygens (including phenoxy) is 3. The van der Waals surface area contributed by atoms with Crippen LogP contribution in [-0.2, 0) is 19.0 Å². The lowest BCUT2D eigenvalue weighted by Crippen LogP contribution is -2.39. The molecule has 5 nitrogen and oxygen atoms in total. The molecule has 1 N–H and O–H groups in total. The Balaban J connectivity index is 2.14. The van der Waals surface area contributed by atoms with E-state index in [1.165, 1.54) is 7.11 Å². The van der Waals surface area contributed by atoms with E-state index < -0.39 is 0 Å². The molecule has 0 aromatic heterocycles. The molecule has 1 rings (SSSR count). The summed E-state index contributed by atoms with van der Waals surface area (Å²) >= 11 is 0. The Morgan fingerprint density at radius 3 is 2.75 bits per heavy atom. The van der Waals surface area contributed by atoms with Gasteiger partial charge in [-0.3, -0.25) is 4.79 Å². The normalized spacial score (nSPS) is 19.4. The summed E-state index contributed by atoms with van der Waals surface area (Å²) < 4.78 is 15.4. The van der Waals surface area contributed by atoms with Gasteiger partial charge in [0.2, 0.25) is 0 Å².